The second kappa shape index (κ2) is 6.18. The fourth-order valence-electron chi connectivity index (χ4n) is 1.77. The Bertz CT molecular complexity index is 421. The minimum Gasteiger partial charge on any atom is -0.469 e. The predicted molar refractivity (Wildman–Crippen MR) is 65.9 cm³/mol. The Morgan fingerprint density at radius 3 is 2.06 bits per heavy atom. The van der Waals surface area contributed by atoms with Crippen LogP contribution in [0.5, 0.6) is 0 Å². The number of Topliss-reactive ketones (excluding diaryl/α,β-unsaturated/α-hetero) is 1. The maximum absolute atomic E-state index is 11.2. The fraction of sp³-hybridized carbons (Fsp3) is 0.429. The molecule has 0 N–H and O–H groups in total. The largest absolute Gasteiger partial charge is 0.469 e. The Labute approximate surface area is 102 Å². The third kappa shape index (κ3) is 4.39. The molecule has 1 aromatic rings. The van der Waals surface area contributed by atoms with Crippen LogP contribution in [0.3, 0.4) is 0 Å². The van der Waals surface area contributed by atoms with E-state index in [9.17, 15) is 9.59 Å². The number of rotatable bonds is 5. The third-order valence-electron chi connectivity index (χ3n) is 2.55. The van der Waals surface area contributed by atoms with Crippen molar-refractivity contribution in [1.29, 1.82) is 0 Å². The van der Waals surface area contributed by atoms with E-state index in [1.165, 1.54) is 7.11 Å². The van der Waals surface area contributed by atoms with Crippen LogP contribution < -0.4 is 0 Å². The maximum Gasteiger partial charge on any atom is 0.309 e. The number of methoxy groups -OCH3 is 1. The summed E-state index contributed by atoms with van der Waals surface area (Å²) < 4.78 is 4.64. The summed E-state index contributed by atoms with van der Waals surface area (Å²) in [6.45, 7) is 3.62. The number of carbonyl (C=O) groups excluding carboxylic acids is 2. The fourth-order valence-corrected chi connectivity index (χ4v) is 1.77. The van der Waals surface area contributed by atoms with Crippen LogP contribution in [-0.4, -0.2) is 18.9 Å². The Balaban J connectivity index is 2.96. The Morgan fingerprint density at radius 1 is 1.06 bits per heavy atom. The number of benzene rings is 1. The van der Waals surface area contributed by atoms with Gasteiger partial charge in [-0.2, -0.15) is 0 Å². The first-order valence-corrected chi connectivity index (χ1v) is 5.73. The van der Waals surface area contributed by atoms with E-state index in [-0.39, 0.29) is 18.2 Å². The van der Waals surface area contributed by atoms with Crippen molar-refractivity contribution in [1.82, 2.24) is 0 Å². The molecule has 92 valence electrons. The summed E-state index contributed by atoms with van der Waals surface area (Å²) in [5, 5.41) is 0. The molecule has 0 amide bonds. The van der Waals surface area contributed by atoms with Gasteiger partial charge in [-0.3, -0.25) is 9.59 Å². The van der Waals surface area contributed by atoms with E-state index < -0.39 is 0 Å². The molecule has 0 saturated heterocycles. The first kappa shape index (κ1) is 13.4. The van der Waals surface area contributed by atoms with Crippen LogP contribution in [0.2, 0.25) is 0 Å². The number of ketones is 1. The number of carbonyl (C=O) groups is 2. The van der Waals surface area contributed by atoms with E-state index in [2.05, 4.69) is 11.7 Å². The molecular weight excluding hydrogens is 216 g/mol. The SMILES string of the molecule is CCc1cc(CC(C)=O)cc(CC(=O)OC)c1. The van der Waals surface area contributed by atoms with Crippen LogP contribution in [0.15, 0.2) is 18.2 Å². The molecular formula is C14H18O3. The molecule has 0 bridgehead atoms. The van der Waals surface area contributed by atoms with Gasteiger partial charge < -0.3 is 4.74 Å². The first-order chi connectivity index (χ1) is 8.05. The molecule has 0 heterocycles. The molecule has 0 aliphatic rings. The van der Waals surface area contributed by atoms with Crippen molar-refractivity contribution < 1.29 is 14.3 Å². The molecule has 0 saturated carbocycles. The van der Waals surface area contributed by atoms with E-state index in [1.54, 1.807) is 6.92 Å². The van der Waals surface area contributed by atoms with E-state index in [0.29, 0.717) is 6.42 Å². The molecule has 0 spiro atoms. The molecule has 3 heteroatoms. The van der Waals surface area contributed by atoms with Gasteiger partial charge >= 0.3 is 5.97 Å². The van der Waals surface area contributed by atoms with Gasteiger partial charge in [0.2, 0.25) is 0 Å². The summed E-state index contributed by atoms with van der Waals surface area (Å²) in [6, 6.07) is 5.90. The molecule has 0 radical (unpaired) electrons. The lowest BCUT2D eigenvalue weighted by Crippen LogP contribution is -2.06. The Kier molecular flexibility index (Phi) is 4.88. The highest BCUT2D eigenvalue weighted by Crippen LogP contribution is 2.13. The highest BCUT2D eigenvalue weighted by atomic mass is 16.5. The maximum atomic E-state index is 11.2. The van der Waals surface area contributed by atoms with Crippen molar-refractivity contribution in [2.45, 2.75) is 33.1 Å². The second-order valence-corrected chi connectivity index (χ2v) is 4.14. The summed E-state index contributed by atoms with van der Waals surface area (Å²) in [4.78, 5) is 22.3. The van der Waals surface area contributed by atoms with Gasteiger partial charge in [-0.15, -0.1) is 0 Å². The highest BCUT2D eigenvalue weighted by molar-refractivity contribution is 5.78. The van der Waals surface area contributed by atoms with Crippen molar-refractivity contribution >= 4 is 11.8 Å². The van der Waals surface area contributed by atoms with Crippen molar-refractivity contribution in [3.63, 3.8) is 0 Å². The monoisotopic (exact) mass is 234 g/mol. The molecule has 0 aliphatic heterocycles. The quantitative estimate of drug-likeness (QED) is 0.733. The molecule has 0 unspecified atom stereocenters. The van der Waals surface area contributed by atoms with Crippen molar-refractivity contribution in [3.05, 3.63) is 34.9 Å². The lowest BCUT2D eigenvalue weighted by Gasteiger charge is -2.07. The molecule has 3 nitrogen and oxygen atoms in total. The third-order valence-corrected chi connectivity index (χ3v) is 2.55. The van der Waals surface area contributed by atoms with Crippen LogP contribution in [0.25, 0.3) is 0 Å². The van der Waals surface area contributed by atoms with Gasteiger partial charge in [0, 0.05) is 6.42 Å². The van der Waals surface area contributed by atoms with Crippen molar-refractivity contribution in [2.24, 2.45) is 0 Å². The lowest BCUT2D eigenvalue weighted by atomic mass is 9.99. The summed E-state index contributed by atoms with van der Waals surface area (Å²) in [6.07, 6.45) is 1.57. The van der Waals surface area contributed by atoms with Gasteiger partial charge in [-0.1, -0.05) is 25.1 Å². The zero-order valence-corrected chi connectivity index (χ0v) is 10.6. The van der Waals surface area contributed by atoms with Crippen LogP contribution in [0.1, 0.15) is 30.5 Å². The standard InChI is InChI=1S/C14H18O3/c1-4-11-6-12(5-10(2)15)8-13(7-11)9-14(16)17-3/h6-8H,4-5,9H2,1-3H3. The average Bonchev–Trinajstić information content (AvgIpc) is 2.27. The zero-order valence-electron chi connectivity index (χ0n) is 10.6. The van der Waals surface area contributed by atoms with E-state index in [4.69, 9.17) is 0 Å². The Morgan fingerprint density at radius 2 is 1.59 bits per heavy atom. The number of hydrogen-bond acceptors (Lipinski definition) is 3. The second-order valence-electron chi connectivity index (χ2n) is 4.14. The van der Waals surface area contributed by atoms with Crippen LogP contribution >= 0.6 is 0 Å². The number of hydrogen-bond donors (Lipinski definition) is 0. The highest BCUT2D eigenvalue weighted by Gasteiger charge is 2.07. The predicted octanol–water partition coefficient (Wildman–Crippen LogP) is 2.10. The molecule has 1 aromatic carbocycles. The minimum atomic E-state index is -0.257. The minimum absolute atomic E-state index is 0.127. The smallest absolute Gasteiger partial charge is 0.309 e. The molecule has 0 atom stereocenters. The summed E-state index contributed by atoms with van der Waals surface area (Å²) in [7, 11) is 1.38. The average molecular weight is 234 g/mol. The molecule has 1 rings (SSSR count). The summed E-state index contributed by atoms with van der Waals surface area (Å²) >= 11 is 0. The van der Waals surface area contributed by atoms with E-state index in [0.717, 1.165) is 23.1 Å². The van der Waals surface area contributed by atoms with Gasteiger partial charge in [0.15, 0.2) is 0 Å². The summed E-state index contributed by atoms with van der Waals surface area (Å²) in [5.74, 6) is -0.130. The first-order valence-electron chi connectivity index (χ1n) is 5.73. The van der Waals surface area contributed by atoms with Gasteiger partial charge in [0.25, 0.3) is 0 Å². The molecule has 0 aliphatic carbocycles. The van der Waals surface area contributed by atoms with Gasteiger partial charge in [-0.25, -0.2) is 0 Å². The number of esters is 1. The Hall–Kier alpha value is -1.64. The topological polar surface area (TPSA) is 43.4 Å². The van der Waals surface area contributed by atoms with Crippen molar-refractivity contribution in [2.75, 3.05) is 7.11 Å². The van der Waals surface area contributed by atoms with E-state index in [1.807, 2.05) is 18.2 Å². The van der Waals surface area contributed by atoms with Gasteiger partial charge in [0.05, 0.1) is 13.5 Å². The lowest BCUT2D eigenvalue weighted by molar-refractivity contribution is -0.139. The number of aryl methyl sites for hydroxylation is 1. The van der Waals surface area contributed by atoms with Gasteiger partial charge in [0.1, 0.15) is 5.78 Å². The van der Waals surface area contributed by atoms with Crippen LogP contribution in [-0.2, 0) is 33.6 Å². The zero-order chi connectivity index (χ0) is 12.8. The molecule has 17 heavy (non-hydrogen) atoms. The molecule has 0 aromatic heterocycles. The number of ether oxygens (including phenoxy) is 1. The van der Waals surface area contributed by atoms with Crippen molar-refractivity contribution in [3.8, 4) is 0 Å². The van der Waals surface area contributed by atoms with E-state index >= 15 is 0 Å². The van der Waals surface area contributed by atoms with Gasteiger partial charge in [-0.05, 0) is 30.0 Å². The molecule has 0 fully saturated rings. The summed E-state index contributed by atoms with van der Waals surface area (Å²) in [5.41, 5.74) is 3.02. The normalized spacial score (nSPS) is 10.1. The van der Waals surface area contributed by atoms with Crippen LogP contribution in [0, 0.1) is 0 Å². The van der Waals surface area contributed by atoms with Crippen LogP contribution in [0.4, 0.5) is 0 Å².